The Balaban J connectivity index is 2.24. The number of aromatic nitrogens is 2. The molecule has 0 aliphatic heterocycles. The van der Waals surface area contributed by atoms with Crippen molar-refractivity contribution >= 4 is 23.4 Å². The second-order valence-electron chi connectivity index (χ2n) is 4.38. The van der Waals surface area contributed by atoms with Crippen LogP contribution in [-0.2, 0) is 0 Å². The lowest BCUT2D eigenvalue weighted by atomic mass is 10.0. The van der Waals surface area contributed by atoms with Gasteiger partial charge in [-0.05, 0) is 31.0 Å². The normalized spacial score (nSPS) is 10.1. The Morgan fingerprint density at radius 2 is 2.00 bits per heavy atom. The van der Waals surface area contributed by atoms with Crippen molar-refractivity contribution in [3.8, 4) is 0 Å². The van der Waals surface area contributed by atoms with Gasteiger partial charge in [-0.3, -0.25) is 5.10 Å². The zero-order valence-electron chi connectivity index (χ0n) is 11.0. The number of rotatable bonds is 3. The number of carboxylic acid groups (broad SMARTS) is 1. The minimum Gasteiger partial charge on any atom is -0.478 e. The van der Waals surface area contributed by atoms with Crippen LogP contribution in [-0.4, -0.2) is 27.3 Å². The zero-order chi connectivity index (χ0) is 14.7. The number of benzene rings is 1. The molecule has 0 bridgehead atoms. The van der Waals surface area contributed by atoms with E-state index in [1.54, 1.807) is 19.9 Å². The van der Waals surface area contributed by atoms with Gasteiger partial charge in [-0.15, -0.1) is 0 Å². The van der Waals surface area contributed by atoms with Gasteiger partial charge < -0.3 is 15.7 Å². The van der Waals surface area contributed by atoms with Crippen LogP contribution in [0.2, 0.25) is 0 Å². The summed E-state index contributed by atoms with van der Waals surface area (Å²) in [6, 6.07) is 2.80. The van der Waals surface area contributed by atoms with Gasteiger partial charge >= 0.3 is 12.0 Å². The highest BCUT2D eigenvalue weighted by Gasteiger charge is 2.15. The Labute approximate surface area is 115 Å². The number of carbonyl (C=O) groups is 2. The van der Waals surface area contributed by atoms with Crippen molar-refractivity contribution in [2.24, 2.45) is 0 Å². The maximum Gasteiger partial charge on any atom is 0.337 e. The lowest BCUT2D eigenvalue weighted by molar-refractivity contribution is 0.0698. The van der Waals surface area contributed by atoms with Crippen molar-refractivity contribution in [2.75, 3.05) is 10.6 Å². The molecule has 2 aromatic rings. The Morgan fingerprint density at radius 3 is 2.60 bits per heavy atom. The van der Waals surface area contributed by atoms with Crippen LogP contribution in [0, 0.1) is 13.8 Å². The predicted octanol–water partition coefficient (Wildman–Crippen LogP) is 2.37. The molecule has 0 aliphatic carbocycles. The minimum atomic E-state index is -1.09. The van der Waals surface area contributed by atoms with Crippen LogP contribution in [0.4, 0.5) is 16.2 Å². The maximum absolute atomic E-state index is 11.8. The molecule has 0 aliphatic rings. The molecule has 0 atom stereocenters. The topological polar surface area (TPSA) is 107 Å². The first-order chi connectivity index (χ1) is 9.47. The molecule has 4 N–H and O–H groups in total. The second-order valence-corrected chi connectivity index (χ2v) is 4.38. The summed E-state index contributed by atoms with van der Waals surface area (Å²) in [7, 11) is 0. The summed E-state index contributed by atoms with van der Waals surface area (Å²) in [6.45, 7) is 3.54. The quantitative estimate of drug-likeness (QED) is 0.689. The van der Waals surface area contributed by atoms with Gasteiger partial charge in [-0.1, -0.05) is 6.07 Å². The highest BCUT2D eigenvalue weighted by Crippen LogP contribution is 2.23. The highest BCUT2D eigenvalue weighted by molar-refractivity contribution is 6.05. The number of aromatic carboxylic acids is 1. The van der Waals surface area contributed by atoms with E-state index < -0.39 is 12.0 Å². The zero-order valence-corrected chi connectivity index (χ0v) is 11.0. The van der Waals surface area contributed by atoms with Crippen LogP contribution in [0.15, 0.2) is 24.5 Å². The summed E-state index contributed by atoms with van der Waals surface area (Å²) < 4.78 is 0. The van der Waals surface area contributed by atoms with Gasteiger partial charge in [0.15, 0.2) is 0 Å². The van der Waals surface area contributed by atoms with Gasteiger partial charge in [0, 0.05) is 6.20 Å². The van der Waals surface area contributed by atoms with Crippen molar-refractivity contribution in [1.82, 2.24) is 10.2 Å². The van der Waals surface area contributed by atoms with Crippen molar-refractivity contribution in [3.05, 3.63) is 41.2 Å². The molecular formula is C13H14N4O3. The molecule has 0 radical (unpaired) electrons. The van der Waals surface area contributed by atoms with Gasteiger partial charge in [-0.25, -0.2) is 9.59 Å². The number of hydrogen-bond acceptors (Lipinski definition) is 3. The third-order valence-electron chi connectivity index (χ3n) is 2.70. The number of nitrogens with one attached hydrogen (secondary N) is 3. The molecule has 1 aromatic carbocycles. The van der Waals surface area contributed by atoms with E-state index in [1.807, 2.05) is 0 Å². The number of H-pyrrole nitrogens is 1. The molecule has 0 spiro atoms. The first-order valence-electron chi connectivity index (χ1n) is 5.88. The molecule has 1 heterocycles. The average Bonchev–Trinajstić information content (AvgIpc) is 2.84. The van der Waals surface area contributed by atoms with Gasteiger partial charge in [0.2, 0.25) is 0 Å². The number of anilines is 2. The number of urea groups is 1. The highest BCUT2D eigenvalue weighted by atomic mass is 16.4. The summed E-state index contributed by atoms with van der Waals surface area (Å²) in [5.74, 6) is -1.09. The maximum atomic E-state index is 11.8. The number of aromatic amines is 1. The minimum absolute atomic E-state index is 0.0600. The summed E-state index contributed by atoms with van der Waals surface area (Å²) >= 11 is 0. The Morgan fingerprint density at radius 1 is 1.25 bits per heavy atom. The summed E-state index contributed by atoms with van der Waals surface area (Å²) in [4.78, 5) is 23.1. The first kappa shape index (κ1) is 13.6. The van der Waals surface area contributed by atoms with E-state index in [0.717, 1.165) is 5.56 Å². The van der Waals surface area contributed by atoms with Gasteiger partial charge in [0.25, 0.3) is 0 Å². The van der Waals surface area contributed by atoms with Crippen molar-refractivity contribution < 1.29 is 14.7 Å². The molecule has 1 aromatic heterocycles. The summed E-state index contributed by atoms with van der Waals surface area (Å²) in [5, 5.41) is 20.5. The molecule has 7 heteroatoms. The lowest BCUT2D eigenvalue weighted by Gasteiger charge is -2.13. The molecule has 0 fully saturated rings. The molecule has 20 heavy (non-hydrogen) atoms. The third-order valence-corrected chi connectivity index (χ3v) is 2.70. The predicted molar refractivity (Wildman–Crippen MR) is 74.1 cm³/mol. The van der Waals surface area contributed by atoms with Crippen molar-refractivity contribution in [3.63, 3.8) is 0 Å². The Hall–Kier alpha value is -2.83. The number of aryl methyl sites for hydroxylation is 2. The molecular weight excluding hydrogens is 260 g/mol. The van der Waals surface area contributed by atoms with Crippen LogP contribution in [0.5, 0.6) is 0 Å². The van der Waals surface area contributed by atoms with Crippen LogP contribution in [0.25, 0.3) is 0 Å². The fourth-order valence-corrected chi connectivity index (χ4v) is 1.90. The monoisotopic (exact) mass is 274 g/mol. The van der Waals surface area contributed by atoms with E-state index in [1.165, 1.54) is 18.5 Å². The van der Waals surface area contributed by atoms with E-state index in [4.69, 9.17) is 0 Å². The standard InChI is InChI=1S/C13H14N4O3/c1-7-3-8(2)11(10(4-7)12(18)19)17-13(20)16-9-5-14-15-6-9/h3-6H,1-2H3,(H,14,15)(H,18,19)(H2,16,17,20). The summed E-state index contributed by atoms with van der Waals surface area (Å²) in [6.07, 6.45) is 2.96. The number of amides is 2. The van der Waals surface area contributed by atoms with Gasteiger partial charge in [-0.2, -0.15) is 5.10 Å². The molecule has 2 rings (SSSR count). The van der Waals surface area contributed by atoms with Gasteiger partial charge in [0.1, 0.15) is 0 Å². The second kappa shape index (κ2) is 5.43. The van der Waals surface area contributed by atoms with E-state index in [9.17, 15) is 14.7 Å². The molecule has 0 unspecified atom stereocenters. The summed E-state index contributed by atoms with van der Waals surface area (Å²) in [5.41, 5.74) is 2.34. The molecule has 7 nitrogen and oxygen atoms in total. The smallest absolute Gasteiger partial charge is 0.337 e. The SMILES string of the molecule is Cc1cc(C)c(NC(=O)Nc2cn[nH]c2)c(C(=O)O)c1. The van der Waals surface area contributed by atoms with E-state index in [2.05, 4.69) is 20.8 Å². The fraction of sp³-hybridized carbons (Fsp3) is 0.154. The number of nitrogens with zero attached hydrogens (tertiary/aromatic N) is 1. The molecule has 104 valence electrons. The molecule has 0 saturated carbocycles. The molecule has 2 amide bonds. The lowest BCUT2D eigenvalue weighted by Crippen LogP contribution is -2.21. The van der Waals surface area contributed by atoms with E-state index in [0.29, 0.717) is 11.3 Å². The van der Waals surface area contributed by atoms with Gasteiger partial charge in [0.05, 0.1) is 23.1 Å². The van der Waals surface area contributed by atoms with E-state index in [-0.39, 0.29) is 11.3 Å². The van der Waals surface area contributed by atoms with Crippen LogP contribution >= 0.6 is 0 Å². The third kappa shape index (κ3) is 2.94. The number of carbonyl (C=O) groups excluding carboxylic acids is 1. The fourth-order valence-electron chi connectivity index (χ4n) is 1.90. The van der Waals surface area contributed by atoms with Crippen molar-refractivity contribution in [2.45, 2.75) is 13.8 Å². The number of carboxylic acids is 1. The number of hydrogen-bond donors (Lipinski definition) is 4. The van der Waals surface area contributed by atoms with Crippen LogP contribution < -0.4 is 10.6 Å². The Kier molecular flexibility index (Phi) is 3.69. The largest absolute Gasteiger partial charge is 0.478 e. The van der Waals surface area contributed by atoms with Crippen LogP contribution in [0.1, 0.15) is 21.5 Å². The van der Waals surface area contributed by atoms with Crippen LogP contribution in [0.3, 0.4) is 0 Å². The van der Waals surface area contributed by atoms with Crippen molar-refractivity contribution in [1.29, 1.82) is 0 Å². The first-order valence-corrected chi connectivity index (χ1v) is 5.88. The average molecular weight is 274 g/mol. The molecule has 0 saturated heterocycles. The Bertz CT molecular complexity index is 650. The van der Waals surface area contributed by atoms with E-state index >= 15 is 0 Å².